The minimum absolute atomic E-state index is 0.00241. The van der Waals surface area contributed by atoms with Gasteiger partial charge in [0.15, 0.2) is 0 Å². The van der Waals surface area contributed by atoms with Crippen LogP contribution in [0.1, 0.15) is 51.3 Å². The summed E-state index contributed by atoms with van der Waals surface area (Å²) >= 11 is 1.72. The molecular formula is C26H27FN2O2S. The van der Waals surface area contributed by atoms with Crippen molar-refractivity contribution in [2.75, 3.05) is 19.6 Å². The molecule has 2 amide bonds. The number of nitrogens with zero attached hydrogens (tertiary/aromatic N) is 2. The number of hydrogen-bond acceptors (Lipinski definition) is 3. The van der Waals surface area contributed by atoms with Gasteiger partial charge in [-0.2, -0.15) is 0 Å². The lowest BCUT2D eigenvalue weighted by Crippen LogP contribution is -2.47. The predicted octanol–water partition coefficient (Wildman–Crippen LogP) is 5.22. The highest BCUT2D eigenvalue weighted by Gasteiger charge is 2.34. The molecule has 0 bridgehead atoms. The van der Waals surface area contributed by atoms with E-state index >= 15 is 0 Å². The molecule has 0 fully saturated rings. The van der Waals surface area contributed by atoms with E-state index in [0.29, 0.717) is 19.5 Å². The van der Waals surface area contributed by atoms with Crippen molar-refractivity contribution in [1.29, 1.82) is 0 Å². The maximum atomic E-state index is 14.2. The van der Waals surface area contributed by atoms with E-state index in [1.807, 2.05) is 18.7 Å². The highest BCUT2D eigenvalue weighted by atomic mass is 32.1. The molecule has 3 aromatic rings. The third-order valence-electron chi connectivity index (χ3n) is 5.89. The van der Waals surface area contributed by atoms with Crippen LogP contribution in [0, 0.1) is 12.7 Å². The second kappa shape index (κ2) is 9.65. The van der Waals surface area contributed by atoms with Gasteiger partial charge in [0.1, 0.15) is 12.4 Å². The van der Waals surface area contributed by atoms with Gasteiger partial charge in [-0.15, -0.1) is 11.3 Å². The van der Waals surface area contributed by atoms with Gasteiger partial charge in [-0.1, -0.05) is 48.9 Å². The Morgan fingerprint density at radius 1 is 1.12 bits per heavy atom. The molecule has 6 heteroatoms. The van der Waals surface area contributed by atoms with Gasteiger partial charge in [0, 0.05) is 18.0 Å². The molecule has 2 aromatic carbocycles. The summed E-state index contributed by atoms with van der Waals surface area (Å²) in [7, 11) is 0. The van der Waals surface area contributed by atoms with Gasteiger partial charge in [-0.25, -0.2) is 4.39 Å². The number of hydrogen-bond donors (Lipinski definition) is 0. The molecule has 1 unspecified atom stereocenters. The predicted molar refractivity (Wildman–Crippen MR) is 125 cm³/mol. The average molecular weight is 451 g/mol. The maximum absolute atomic E-state index is 14.2. The first kappa shape index (κ1) is 22.2. The van der Waals surface area contributed by atoms with Crippen molar-refractivity contribution in [3.8, 4) is 0 Å². The lowest BCUT2D eigenvalue weighted by Gasteiger charge is -2.37. The average Bonchev–Trinajstić information content (AvgIpc) is 3.27. The normalized spacial score (nSPS) is 15.3. The van der Waals surface area contributed by atoms with Crippen LogP contribution in [0.2, 0.25) is 0 Å². The summed E-state index contributed by atoms with van der Waals surface area (Å²) in [6.07, 6.45) is 1.49. The molecule has 4 rings (SSSR count). The fraction of sp³-hybridized carbons (Fsp3) is 0.308. The summed E-state index contributed by atoms with van der Waals surface area (Å²) in [5.41, 5.74) is 3.38. The number of amides is 2. The SMILES string of the molecule is CCCN(CC(=O)N1CCc2sccc2C1c1ccc(C)cc1)C(=O)c1ccccc1F. The molecule has 0 saturated carbocycles. The first-order chi connectivity index (χ1) is 15.5. The Hall–Kier alpha value is -2.99. The third-order valence-corrected chi connectivity index (χ3v) is 6.89. The summed E-state index contributed by atoms with van der Waals surface area (Å²) < 4.78 is 14.2. The first-order valence-electron chi connectivity index (χ1n) is 11.0. The molecule has 4 nitrogen and oxygen atoms in total. The number of fused-ring (bicyclic) bond motifs is 1. The van der Waals surface area contributed by atoms with E-state index in [4.69, 9.17) is 0 Å². The van der Waals surface area contributed by atoms with E-state index in [1.165, 1.54) is 21.9 Å². The van der Waals surface area contributed by atoms with Gasteiger partial charge in [0.05, 0.1) is 11.6 Å². The summed E-state index contributed by atoms with van der Waals surface area (Å²) in [6.45, 7) is 4.91. The largest absolute Gasteiger partial charge is 0.330 e. The summed E-state index contributed by atoms with van der Waals surface area (Å²) in [6, 6.07) is 16.1. The highest BCUT2D eigenvalue weighted by molar-refractivity contribution is 7.10. The smallest absolute Gasteiger partial charge is 0.257 e. The Morgan fingerprint density at radius 2 is 1.88 bits per heavy atom. The van der Waals surface area contributed by atoms with E-state index in [2.05, 4.69) is 35.7 Å². The van der Waals surface area contributed by atoms with Crippen LogP contribution in [0.4, 0.5) is 4.39 Å². The van der Waals surface area contributed by atoms with Crippen molar-refractivity contribution >= 4 is 23.2 Å². The highest BCUT2D eigenvalue weighted by Crippen LogP contribution is 2.38. The van der Waals surface area contributed by atoms with E-state index in [1.54, 1.807) is 23.5 Å². The Morgan fingerprint density at radius 3 is 2.59 bits per heavy atom. The van der Waals surface area contributed by atoms with Gasteiger partial charge in [0.2, 0.25) is 5.91 Å². The van der Waals surface area contributed by atoms with Crippen LogP contribution in [0.5, 0.6) is 0 Å². The van der Waals surface area contributed by atoms with Gasteiger partial charge in [-0.3, -0.25) is 9.59 Å². The molecule has 1 aliphatic heterocycles. The lowest BCUT2D eigenvalue weighted by molar-refractivity contribution is -0.134. The summed E-state index contributed by atoms with van der Waals surface area (Å²) in [5.74, 6) is -1.13. The topological polar surface area (TPSA) is 40.6 Å². The molecule has 0 aliphatic carbocycles. The molecule has 32 heavy (non-hydrogen) atoms. The molecule has 1 atom stereocenters. The molecule has 0 spiro atoms. The van der Waals surface area contributed by atoms with E-state index in [-0.39, 0.29) is 24.1 Å². The number of benzene rings is 2. The van der Waals surface area contributed by atoms with Crippen LogP contribution in [-0.4, -0.2) is 41.2 Å². The standard InChI is InChI=1S/C26H27FN2O2S/c1-3-14-28(26(31)20-6-4-5-7-22(20)27)17-24(30)29-15-12-23-21(13-16-32-23)25(29)19-10-8-18(2)9-11-19/h4-11,13,16,25H,3,12,14-15,17H2,1-2H3. The molecule has 0 radical (unpaired) electrons. The van der Waals surface area contributed by atoms with Crippen LogP contribution in [0.15, 0.2) is 60.0 Å². The molecule has 0 N–H and O–H groups in total. The second-order valence-electron chi connectivity index (χ2n) is 8.16. The second-order valence-corrected chi connectivity index (χ2v) is 9.16. The van der Waals surface area contributed by atoms with Crippen molar-refractivity contribution in [2.24, 2.45) is 0 Å². The minimum atomic E-state index is -0.565. The van der Waals surface area contributed by atoms with Crippen molar-refractivity contribution in [3.05, 3.63) is 92.9 Å². The summed E-state index contributed by atoms with van der Waals surface area (Å²) in [5, 5.41) is 2.07. The Bertz CT molecular complexity index is 1110. The number of thiophene rings is 1. The van der Waals surface area contributed by atoms with Crippen molar-refractivity contribution in [3.63, 3.8) is 0 Å². The van der Waals surface area contributed by atoms with Crippen LogP contribution < -0.4 is 0 Å². The lowest BCUT2D eigenvalue weighted by atomic mass is 9.92. The quantitative estimate of drug-likeness (QED) is 0.516. The van der Waals surface area contributed by atoms with Gasteiger partial charge in [0.25, 0.3) is 5.91 Å². The third kappa shape index (κ3) is 4.46. The first-order valence-corrected chi connectivity index (χ1v) is 11.8. The van der Waals surface area contributed by atoms with Crippen LogP contribution in [0.3, 0.4) is 0 Å². The van der Waals surface area contributed by atoms with E-state index in [9.17, 15) is 14.0 Å². The number of carbonyl (C=O) groups excluding carboxylic acids is 2. The van der Waals surface area contributed by atoms with E-state index < -0.39 is 11.7 Å². The minimum Gasteiger partial charge on any atom is -0.330 e. The molecule has 1 aliphatic rings. The zero-order chi connectivity index (χ0) is 22.7. The zero-order valence-electron chi connectivity index (χ0n) is 18.4. The van der Waals surface area contributed by atoms with Crippen molar-refractivity contribution in [2.45, 2.75) is 32.7 Å². The van der Waals surface area contributed by atoms with Gasteiger partial charge in [-0.05, 0) is 54.5 Å². The summed E-state index contributed by atoms with van der Waals surface area (Å²) in [4.78, 5) is 31.2. The number of carbonyl (C=O) groups is 2. The molecule has 166 valence electrons. The Balaban J connectivity index is 1.62. The Labute approximate surface area is 192 Å². The fourth-order valence-electron chi connectivity index (χ4n) is 4.27. The molecule has 2 heterocycles. The fourth-order valence-corrected chi connectivity index (χ4v) is 5.18. The van der Waals surface area contributed by atoms with Gasteiger partial charge >= 0.3 is 0 Å². The van der Waals surface area contributed by atoms with Crippen molar-refractivity contribution < 1.29 is 14.0 Å². The van der Waals surface area contributed by atoms with Crippen LogP contribution in [-0.2, 0) is 11.2 Å². The van der Waals surface area contributed by atoms with Gasteiger partial charge < -0.3 is 9.80 Å². The zero-order valence-corrected chi connectivity index (χ0v) is 19.2. The van der Waals surface area contributed by atoms with Crippen molar-refractivity contribution in [1.82, 2.24) is 9.80 Å². The molecular weight excluding hydrogens is 423 g/mol. The Kier molecular flexibility index (Phi) is 6.70. The maximum Gasteiger partial charge on any atom is 0.257 e. The number of halogens is 1. The molecule has 0 saturated heterocycles. The number of aryl methyl sites for hydroxylation is 1. The monoisotopic (exact) mass is 450 g/mol. The molecule has 1 aromatic heterocycles. The van der Waals surface area contributed by atoms with E-state index in [0.717, 1.165) is 23.1 Å². The van der Waals surface area contributed by atoms with Crippen LogP contribution >= 0.6 is 11.3 Å². The number of rotatable bonds is 6. The van der Waals surface area contributed by atoms with Crippen LogP contribution in [0.25, 0.3) is 0 Å².